The van der Waals surface area contributed by atoms with Gasteiger partial charge < -0.3 is 15.5 Å². The Morgan fingerprint density at radius 2 is 2.00 bits per heavy atom. The van der Waals surface area contributed by atoms with E-state index in [9.17, 15) is 9.59 Å². The van der Waals surface area contributed by atoms with Crippen molar-refractivity contribution in [2.45, 2.75) is 26.3 Å². The van der Waals surface area contributed by atoms with Crippen molar-refractivity contribution in [3.63, 3.8) is 0 Å². The maximum Gasteiger partial charge on any atom is 0.275 e. The number of rotatable bonds is 8. The highest BCUT2D eigenvalue weighted by Gasteiger charge is 2.14. The van der Waals surface area contributed by atoms with E-state index in [1.165, 1.54) is 4.88 Å². The first-order valence-electron chi connectivity index (χ1n) is 6.87. The summed E-state index contributed by atoms with van der Waals surface area (Å²) in [6.45, 7) is 5.12. The van der Waals surface area contributed by atoms with Crippen LogP contribution < -0.4 is 15.5 Å². The molecule has 1 aromatic heterocycles. The number of hydrogen-bond donors (Lipinski definition) is 3. The van der Waals surface area contributed by atoms with Crippen molar-refractivity contribution in [3.05, 3.63) is 22.4 Å². The van der Waals surface area contributed by atoms with Gasteiger partial charge in [-0.2, -0.15) is 0 Å². The predicted octanol–water partition coefficient (Wildman–Crippen LogP) is -0.554. The number of hydrogen-bond acceptors (Lipinski definition) is 3. The smallest absolute Gasteiger partial charge is 0.275 e. The monoisotopic (exact) mass is 298 g/mol. The quantitative estimate of drug-likeness (QED) is 0.603. The Hall–Kier alpha value is -1.40. The fourth-order valence-electron chi connectivity index (χ4n) is 1.83. The van der Waals surface area contributed by atoms with Gasteiger partial charge in [-0.05, 0) is 31.7 Å². The summed E-state index contributed by atoms with van der Waals surface area (Å²) in [5.41, 5.74) is 0. The van der Waals surface area contributed by atoms with Gasteiger partial charge in [0.2, 0.25) is 0 Å². The summed E-state index contributed by atoms with van der Waals surface area (Å²) in [4.78, 5) is 25.4. The van der Waals surface area contributed by atoms with Gasteiger partial charge in [-0.1, -0.05) is 6.07 Å². The Balaban J connectivity index is 2.16. The van der Waals surface area contributed by atoms with E-state index in [0.717, 1.165) is 11.3 Å². The number of carbonyl (C=O) groups is 2. The topological polar surface area (TPSA) is 62.6 Å². The van der Waals surface area contributed by atoms with Crippen molar-refractivity contribution < 1.29 is 14.5 Å². The summed E-state index contributed by atoms with van der Waals surface area (Å²) in [5, 5.41) is 7.73. The molecule has 1 atom stereocenters. The molecule has 0 aliphatic heterocycles. The lowest BCUT2D eigenvalue weighted by molar-refractivity contribution is -0.862. The second-order valence-electron chi connectivity index (χ2n) is 5.21. The molecule has 5 nitrogen and oxygen atoms in total. The Morgan fingerprint density at radius 3 is 2.60 bits per heavy atom. The van der Waals surface area contributed by atoms with Crippen molar-refractivity contribution in [1.29, 1.82) is 0 Å². The number of amides is 2. The fourth-order valence-corrected chi connectivity index (χ4v) is 2.54. The molecule has 0 aliphatic rings. The summed E-state index contributed by atoms with van der Waals surface area (Å²) in [7, 11) is 1.85. The molecular formula is C14H24N3O2S+. The summed E-state index contributed by atoms with van der Waals surface area (Å²) in [6.07, 6.45) is 0.857. The number of thiophene rings is 1. The zero-order chi connectivity index (χ0) is 15.0. The van der Waals surface area contributed by atoms with E-state index in [0.29, 0.717) is 19.6 Å². The Kier molecular flexibility index (Phi) is 7.25. The highest BCUT2D eigenvalue weighted by atomic mass is 32.1. The molecule has 0 bridgehead atoms. The lowest BCUT2D eigenvalue weighted by atomic mass is 10.3. The van der Waals surface area contributed by atoms with Gasteiger partial charge in [0.1, 0.15) is 0 Å². The molecule has 0 aromatic carbocycles. The predicted molar refractivity (Wildman–Crippen MR) is 80.9 cm³/mol. The van der Waals surface area contributed by atoms with Crippen molar-refractivity contribution in [3.8, 4) is 0 Å². The van der Waals surface area contributed by atoms with Crippen LogP contribution in [-0.4, -0.2) is 44.5 Å². The van der Waals surface area contributed by atoms with E-state index in [1.54, 1.807) is 11.3 Å². The third-order valence-corrected chi connectivity index (χ3v) is 3.58. The average Bonchev–Trinajstić information content (AvgIpc) is 2.80. The molecule has 0 radical (unpaired) electrons. The van der Waals surface area contributed by atoms with E-state index < -0.39 is 0 Å². The second-order valence-corrected chi connectivity index (χ2v) is 6.24. The van der Waals surface area contributed by atoms with Crippen LogP contribution in [-0.2, 0) is 16.0 Å². The van der Waals surface area contributed by atoms with Gasteiger partial charge in [0.15, 0.2) is 13.1 Å². The van der Waals surface area contributed by atoms with Crippen LogP contribution in [0, 0.1) is 0 Å². The first kappa shape index (κ1) is 16.7. The molecule has 0 aliphatic carbocycles. The van der Waals surface area contributed by atoms with Crippen LogP contribution in [0.3, 0.4) is 0 Å². The van der Waals surface area contributed by atoms with Crippen LogP contribution in [0.1, 0.15) is 18.7 Å². The van der Waals surface area contributed by atoms with Crippen LogP contribution in [0.4, 0.5) is 0 Å². The minimum Gasteiger partial charge on any atom is -0.351 e. The minimum absolute atomic E-state index is 0.0172. The summed E-state index contributed by atoms with van der Waals surface area (Å²) < 4.78 is 0. The standard InChI is InChI=1S/C14H23N3O2S/c1-11(2)16-14(19)10-17(3)9-13(18)15-7-6-12-5-4-8-20-12/h4-5,8,11H,6-7,9-10H2,1-3H3,(H,15,18)(H,16,19)/p+1. The number of likely N-dealkylation sites (N-methyl/N-ethyl adjacent to an activating group) is 1. The molecule has 0 fully saturated rings. The van der Waals surface area contributed by atoms with Gasteiger partial charge in [0, 0.05) is 17.5 Å². The van der Waals surface area contributed by atoms with Gasteiger partial charge in [0.25, 0.3) is 11.8 Å². The van der Waals surface area contributed by atoms with Crippen molar-refractivity contribution in [2.75, 3.05) is 26.7 Å². The molecular weight excluding hydrogens is 274 g/mol. The Bertz CT molecular complexity index is 418. The third-order valence-electron chi connectivity index (χ3n) is 2.65. The molecule has 0 saturated carbocycles. The van der Waals surface area contributed by atoms with Crippen LogP contribution in [0.5, 0.6) is 0 Å². The van der Waals surface area contributed by atoms with Gasteiger partial charge in [-0.3, -0.25) is 9.59 Å². The molecule has 20 heavy (non-hydrogen) atoms. The number of carbonyl (C=O) groups excluding carboxylic acids is 2. The van der Waals surface area contributed by atoms with Gasteiger partial charge in [0.05, 0.1) is 7.05 Å². The van der Waals surface area contributed by atoms with Gasteiger partial charge in [-0.15, -0.1) is 11.3 Å². The maximum absolute atomic E-state index is 11.7. The molecule has 112 valence electrons. The summed E-state index contributed by atoms with van der Waals surface area (Å²) in [5.74, 6) is -0.0414. The first-order chi connectivity index (χ1) is 9.47. The van der Waals surface area contributed by atoms with E-state index in [1.807, 2.05) is 32.3 Å². The summed E-state index contributed by atoms with van der Waals surface area (Å²) >= 11 is 1.69. The van der Waals surface area contributed by atoms with E-state index in [2.05, 4.69) is 16.7 Å². The molecule has 1 aromatic rings. The minimum atomic E-state index is -0.0242. The molecule has 1 heterocycles. The largest absolute Gasteiger partial charge is 0.351 e. The molecule has 2 amide bonds. The fraction of sp³-hybridized carbons (Fsp3) is 0.571. The second kappa shape index (κ2) is 8.71. The highest BCUT2D eigenvalue weighted by Crippen LogP contribution is 2.07. The van der Waals surface area contributed by atoms with E-state index in [-0.39, 0.29) is 17.9 Å². The third kappa shape index (κ3) is 7.25. The lowest BCUT2D eigenvalue weighted by Crippen LogP contribution is -3.11. The lowest BCUT2D eigenvalue weighted by Gasteiger charge is -2.14. The molecule has 1 unspecified atom stereocenters. The Morgan fingerprint density at radius 1 is 1.30 bits per heavy atom. The van der Waals surface area contributed by atoms with Crippen LogP contribution >= 0.6 is 11.3 Å². The molecule has 6 heteroatoms. The number of quaternary nitrogens is 1. The van der Waals surface area contributed by atoms with E-state index >= 15 is 0 Å². The zero-order valence-electron chi connectivity index (χ0n) is 12.4. The van der Waals surface area contributed by atoms with Gasteiger partial charge in [-0.25, -0.2) is 0 Å². The molecule has 3 N–H and O–H groups in total. The van der Waals surface area contributed by atoms with Crippen molar-refractivity contribution >= 4 is 23.2 Å². The van der Waals surface area contributed by atoms with Crippen LogP contribution in [0.2, 0.25) is 0 Å². The zero-order valence-corrected chi connectivity index (χ0v) is 13.2. The van der Waals surface area contributed by atoms with Crippen molar-refractivity contribution in [2.24, 2.45) is 0 Å². The SMILES string of the molecule is CC(C)NC(=O)C[NH+](C)CC(=O)NCCc1cccs1. The van der Waals surface area contributed by atoms with Crippen molar-refractivity contribution in [1.82, 2.24) is 10.6 Å². The number of nitrogens with one attached hydrogen (secondary N) is 3. The van der Waals surface area contributed by atoms with Gasteiger partial charge >= 0.3 is 0 Å². The first-order valence-corrected chi connectivity index (χ1v) is 7.75. The molecule has 1 rings (SSSR count). The van der Waals surface area contributed by atoms with Crippen LogP contribution in [0.25, 0.3) is 0 Å². The maximum atomic E-state index is 11.7. The normalized spacial score (nSPS) is 12.2. The van der Waals surface area contributed by atoms with E-state index in [4.69, 9.17) is 0 Å². The Labute approximate surface area is 124 Å². The summed E-state index contributed by atoms with van der Waals surface area (Å²) in [6, 6.07) is 4.20. The molecule has 0 spiro atoms. The average molecular weight is 298 g/mol. The highest BCUT2D eigenvalue weighted by molar-refractivity contribution is 7.09. The molecule has 0 saturated heterocycles. The van der Waals surface area contributed by atoms with Crippen LogP contribution in [0.15, 0.2) is 17.5 Å².